The highest BCUT2D eigenvalue weighted by atomic mass is 32.1. The van der Waals surface area contributed by atoms with Gasteiger partial charge in [-0.1, -0.05) is 6.07 Å². The molecule has 0 spiro atoms. The van der Waals surface area contributed by atoms with Crippen LogP contribution in [0.1, 0.15) is 0 Å². The van der Waals surface area contributed by atoms with Gasteiger partial charge in [-0.05, 0) is 34.8 Å². The molecule has 1 aromatic heterocycles. The van der Waals surface area contributed by atoms with E-state index in [1.54, 1.807) is 18.8 Å². The average molecular weight is 222 g/mol. The van der Waals surface area contributed by atoms with Gasteiger partial charge in [-0.15, -0.1) is 0 Å². The highest BCUT2D eigenvalue weighted by Gasteiger charge is 2.03. The van der Waals surface area contributed by atoms with Gasteiger partial charge in [-0.3, -0.25) is 0 Å². The van der Waals surface area contributed by atoms with Crippen LogP contribution < -0.4 is 4.74 Å². The molecule has 2 aromatic rings. The third kappa shape index (κ3) is 1.75. The Kier molecular flexibility index (Phi) is 2.51. The highest BCUT2D eigenvalue weighted by Crippen LogP contribution is 2.15. The van der Waals surface area contributed by atoms with E-state index < -0.39 is 0 Å². The third-order valence-electron chi connectivity index (χ3n) is 2.02. The second-order valence-electron chi connectivity index (χ2n) is 3.00. The molecule has 5 nitrogen and oxygen atoms in total. The molecule has 0 saturated heterocycles. The summed E-state index contributed by atoms with van der Waals surface area (Å²) in [6.45, 7) is 0. The van der Waals surface area contributed by atoms with Crippen molar-refractivity contribution >= 4 is 12.2 Å². The average Bonchev–Trinajstić information content (AvgIpc) is 2.60. The van der Waals surface area contributed by atoms with Gasteiger partial charge in [0, 0.05) is 13.1 Å². The number of tetrazole rings is 1. The van der Waals surface area contributed by atoms with Crippen LogP contribution in [0.25, 0.3) is 5.69 Å². The zero-order valence-electron chi connectivity index (χ0n) is 8.41. The summed E-state index contributed by atoms with van der Waals surface area (Å²) in [5, 5.41) is 7.76. The van der Waals surface area contributed by atoms with Gasteiger partial charge in [0.2, 0.25) is 4.77 Å². The van der Waals surface area contributed by atoms with Gasteiger partial charge in [0.1, 0.15) is 5.75 Å². The zero-order valence-corrected chi connectivity index (χ0v) is 9.23. The lowest BCUT2D eigenvalue weighted by molar-refractivity contribution is 0.414. The topological polar surface area (TPSA) is 44.9 Å². The quantitative estimate of drug-likeness (QED) is 0.719. The van der Waals surface area contributed by atoms with Crippen LogP contribution in [-0.2, 0) is 7.05 Å². The summed E-state index contributed by atoms with van der Waals surface area (Å²) in [7, 11) is 3.38. The number of aryl methyl sites for hydroxylation is 1. The summed E-state index contributed by atoms with van der Waals surface area (Å²) >= 11 is 5.15. The molecule has 0 amide bonds. The number of benzene rings is 1. The molecule has 1 heterocycles. The standard InChI is InChI=1S/C9H10N4OS/c1-12-9(15)13(11-10-12)7-4-3-5-8(6-7)14-2/h3-6H,1-2H3. The van der Waals surface area contributed by atoms with Crippen molar-refractivity contribution in [2.45, 2.75) is 0 Å². The summed E-state index contributed by atoms with van der Waals surface area (Å²) in [6.07, 6.45) is 0. The first-order chi connectivity index (χ1) is 7.22. The number of methoxy groups -OCH3 is 1. The van der Waals surface area contributed by atoms with Crippen molar-refractivity contribution in [2.75, 3.05) is 7.11 Å². The van der Waals surface area contributed by atoms with Gasteiger partial charge in [-0.2, -0.15) is 4.68 Å². The molecular formula is C9H10N4OS. The normalized spacial score (nSPS) is 10.3. The molecule has 0 aliphatic carbocycles. The molecule has 0 aliphatic rings. The zero-order chi connectivity index (χ0) is 10.8. The molecule has 0 bridgehead atoms. The lowest BCUT2D eigenvalue weighted by Crippen LogP contribution is -1.98. The Labute approximate surface area is 91.9 Å². The molecule has 6 heteroatoms. The van der Waals surface area contributed by atoms with Crippen molar-refractivity contribution in [3.63, 3.8) is 0 Å². The van der Waals surface area contributed by atoms with Crippen molar-refractivity contribution < 1.29 is 4.74 Å². The molecule has 0 N–H and O–H groups in total. The van der Waals surface area contributed by atoms with E-state index in [1.807, 2.05) is 24.3 Å². The van der Waals surface area contributed by atoms with Crippen LogP contribution in [0.4, 0.5) is 0 Å². The first-order valence-corrected chi connectivity index (χ1v) is 4.76. The number of hydrogen-bond acceptors (Lipinski definition) is 4. The van der Waals surface area contributed by atoms with Crippen LogP contribution in [0.15, 0.2) is 24.3 Å². The molecule has 0 unspecified atom stereocenters. The fourth-order valence-corrected chi connectivity index (χ4v) is 1.40. The van der Waals surface area contributed by atoms with Crippen molar-refractivity contribution in [2.24, 2.45) is 7.05 Å². The lowest BCUT2D eigenvalue weighted by atomic mass is 10.3. The molecule has 1 aromatic carbocycles. The highest BCUT2D eigenvalue weighted by molar-refractivity contribution is 7.71. The molecule has 2 rings (SSSR count). The van der Waals surface area contributed by atoms with Crippen LogP contribution in [0, 0.1) is 4.77 Å². The Morgan fingerprint density at radius 3 is 2.73 bits per heavy atom. The predicted octanol–water partition coefficient (Wildman–Crippen LogP) is 1.34. The summed E-state index contributed by atoms with van der Waals surface area (Å²) < 4.78 is 8.78. The number of ether oxygens (including phenoxy) is 1. The van der Waals surface area contributed by atoms with E-state index in [-0.39, 0.29) is 0 Å². The van der Waals surface area contributed by atoms with E-state index in [9.17, 15) is 0 Å². The summed E-state index contributed by atoms with van der Waals surface area (Å²) in [5.41, 5.74) is 0.840. The van der Waals surface area contributed by atoms with Gasteiger partial charge in [0.05, 0.1) is 12.8 Å². The summed E-state index contributed by atoms with van der Waals surface area (Å²) in [5.74, 6) is 0.764. The number of nitrogens with zero attached hydrogens (tertiary/aromatic N) is 4. The second-order valence-corrected chi connectivity index (χ2v) is 3.36. The number of hydrogen-bond donors (Lipinski definition) is 0. The van der Waals surface area contributed by atoms with Gasteiger partial charge >= 0.3 is 0 Å². The van der Waals surface area contributed by atoms with Crippen molar-refractivity contribution in [3.05, 3.63) is 29.0 Å². The van der Waals surface area contributed by atoms with E-state index in [0.29, 0.717) is 4.77 Å². The maximum absolute atomic E-state index is 5.15. The SMILES string of the molecule is COc1cccc(-n2nnn(C)c2=S)c1. The van der Waals surface area contributed by atoms with Gasteiger partial charge in [-0.25, -0.2) is 4.68 Å². The monoisotopic (exact) mass is 222 g/mol. The molecule has 78 valence electrons. The molecule has 0 atom stereocenters. The third-order valence-corrected chi connectivity index (χ3v) is 2.46. The Hall–Kier alpha value is -1.69. The smallest absolute Gasteiger partial charge is 0.220 e. The summed E-state index contributed by atoms with van der Waals surface area (Å²) in [6, 6.07) is 7.49. The molecule has 15 heavy (non-hydrogen) atoms. The van der Waals surface area contributed by atoms with E-state index in [1.165, 1.54) is 4.68 Å². The van der Waals surface area contributed by atoms with Crippen LogP contribution in [-0.4, -0.2) is 26.9 Å². The largest absolute Gasteiger partial charge is 0.497 e. The maximum Gasteiger partial charge on any atom is 0.220 e. The van der Waals surface area contributed by atoms with Crippen LogP contribution in [0.3, 0.4) is 0 Å². The van der Waals surface area contributed by atoms with Crippen molar-refractivity contribution in [3.8, 4) is 11.4 Å². The van der Waals surface area contributed by atoms with Gasteiger partial charge in [0.25, 0.3) is 0 Å². The fraction of sp³-hybridized carbons (Fsp3) is 0.222. The minimum absolute atomic E-state index is 0.545. The second kappa shape index (κ2) is 3.82. The summed E-state index contributed by atoms with van der Waals surface area (Å²) in [4.78, 5) is 0. The molecule has 0 aliphatic heterocycles. The number of aromatic nitrogens is 4. The van der Waals surface area contributed by atoms with Crippen molar-refractivity contribution in [1.82, 2.24) is 19.8 Å². The Bertz CT molecular complexity index is 531. The predicted molar refractivity (Wildman–Crippen MR) is 57.7 cm³/mol. The van der Waals surface area contributed by atoms with Crippen LogP contribution in [0.5, 0.6) is 5.75 Å². The first-order valence-electron chi connectivity index (χ1n) is 4.36. The molecular weight excluding hydrogens is 212 g/mol. The Morgan fingerprint density at radius 2 is 2.13 bits per heavy atom. The van der Waals surface area contributed by atoms with Gasteiger partial charge in [0.15, 0.2) is 0 Å². The minimum Gasteiger partial charge on any atom is -0.497 e. The van der Waals surface area contributed by atoms with Gasteiger partial charge < -0.3 is 4.74 Å². The van der Waals surface area contributed by atoms with Crippen molar-refractivity contribution in [1.29, 1.82) is 0 Å². The lowest BCUT2D eigenvalue weighted by Gasteiger charge is -2.02. The van der Waals surface area contributed by atoms with Crippen LogP contribution >= 0.6 is 12.2 Å². The Morgan fingerprint density at radius 1 is 1.33 bits per heavy atom. The first kappa shape index (κ1) is 9.85. The Balaban J connectivity index is 2.54. The fourth-order valence-electron chi connectivity index (χ4n) is 1.22. The van der Waals surface area contributed by atoms with E-state index in [4.69, 9.17) is 17.0 Å². The molecule has 0 fully saturated rings. The maximum atomic E-state index is 5.15. The van der Waals surface area contributed by atoms with E-state index in [0.717, 1.165) is 11.4 Å². The molecule has 0 radical (unpaired) electrons. The van der Waals surface area contributed by atoms with Crippen LogP contribution in [0.2, 0.25) is 0 Å². The molecule has 0 saturated carbocycles. The van der Waals surface area contributed by atoms with E-state index >= 15 is 0 Å². The number of rotatable bonds is 2. The minimum atomic E-state index is 0.545. The van der Waals surface area contributed by atoms with E-state index in [2.05, 4.69) is 10.4 Å².